The summed E-state index contributed by atoms with van der Waals surface area (Å²) in [6.07, 6.45) is 1.99. The zero-order chi connectivity index (χ0) is 8.43. The lowest BCUT2D eigenvalue weighted by Crippen LogP contribution is -2.05. The summed E-state index contributed by atoms with van der Waals surface area (Å²) >= 11 is 5.64. The van der Waals surface area contributed by atoms with Gasteiger partial charge >= 0.3 is 0 Å². The van der Waals surface area contributed by atoms with Crippen LogP contribution in [-0.4, -0.2) is 5.78 Å². The van der Waals surface area contributed by atoms with E-state index in [-0.39, 0.29) is 16.5 Å². The molecule has 0 saturated carbocycles. The van der Waals surface area contributed by atoms with E-state index in [1.54, 1.807) is 6.08 Å². The normalized spacial score (nSPS) is 17.9. The van der Waals surface area contributed by atoms with Crippen molar-refractivity contribution in [2.45, 2.75) is 13.3 Å². The zero-order valence-corrected chi connectivity index (χ0v) is 6.77. The van der Waals surface area contributed by atoms with E-state index < -0.39 is 0 Å². The minimum absolute atomic E-state index is 0.0669. The van der Waals surface area contributed by atoms with Gasteiger partial charge in [0.05, 0.1) is 11.6 Å². The predicted octanol–water partition coefficient (Wildman–Crippen LogP) is 2.28. The van der Waals surface area contributed by atoms with Crippen molar-refractivity contribution in [3.63, 3.8) is 0 Å². The van der Waals surface area contributed by atoms with E-state index in [0.717, 1.165) is 5.57 Å². The Labute approximate surface area is 70.0 Å². The van der Waals surface area contributed by atoms with Crippen LogP contribution in [0.5, 0.6) is 0 Å². The van der Waals surface area contributed by atoms with Crippen LogP contribution < -0.4 is 0 Å². The lowest BCUT2D eigenvalue weighted by atomic mass is 10.0. The molecule has 0 aliphatic heterocycles. The van der Waals surface area contributed by atoms with Crippen molar-refractivity contribution in [1.82, 2.24) is 0 Å². The topological polar surface area (TPSA) is 21.4 Å². The molecular formula is C8H6ClNO. The molecule has 1 aliphatic rings. The second-order valence-electron chi connectivity index (χ2n) is 2.40. The van der Waals surface area contributed by atoms with Gasteiger partial charge < -0.3 is 4.79 Å². The fourth-order valence-electron chi connectivity index (χ4n) is 0.922. The highest BCUT2D eigenvalue weighted by atomic mass is 35.5. The Balaban J connectivity index is 3.15. The first kappa shape index (κ1) is 8.03. The van der Waals surface area contributed by atoms with Crippen molar-refractivity contribution >= 4 is 17.4 Å². The van der Waals surface area contributed by atoms with Crippen LogP contribution in [0.4, 0.5) is 0 Å². The molecule has 0 bridgehead atoms. The lowest BCUT2D eigenvalue weighted by Gasteiger charge is -2.07. The van der Waals surface area contributed by atoms with Gasteiger partial charge in [0.15, 0.2) is 5.78 Å². The molecule has 2 nitrogen and oxygen atoms in total. The van der Waals surface area contributed by atoms with Gasteiger partial charge in [-0.2, -0.15) is 0 Å². The Morgan fingerprint density at radius 3 is 2.82 bits per heavy atom. The van der Waals surface area contributed by atoms with Gasteiger partial charge in [-0.15, -0.1) is 0 Å². The number of ketones is 1. The predicted molar refractivity (Wildman–Crippen MR) is 42.9 cm³/mol. The highest BCUT2D eigenvalue weighted by Crippen LogP contribution is 2.24. The summed E-state index contributed by atoms with van der Waals surface area (Å²) in [4.78, 5) is 14.1. The van der Waals surface area contributed by atoms with Gasteiger partial charge in [0.25, 0.3) is 0 Å². The smallest absolute Gasteiger partial charge is 0.247 e. The van der Waals surface area contributed by atoms with E-state index in [9.17, 15) is 4.79 Å². The van der Waals surface area contributed by atoms with E-state index in [1.807, 2.05) is 6.92 Å². The molecule has 0 aromatic carbocycles. The number of hydrogen-bond acceptors (Lipinski definition) is 1. The molecule has 56 valence electrons. The summed E-state index contributed by atoms with van der Waals surface area (Å²) in [7, 11) is 0. The molecule has 0 N–H and O–H groups in total. The number of hydrogen-bond donors (Lipinski definition) is 0. The van der Waals surface area contributed by atoms with Crippen molar-refractivity contribution in [2.75, 3.05) is 0 Å². The van der Waals surface area contributed by atoms with Crippen LogP contribution in [-0.2, 0) is 4.79 Å². The summed E-state index contributed by atoms with van der Waals surface area (Å²) in [6.45, 7) is 8.48. The summed E-state index contributed by atoms with van der Waals surface area (Å²) in [5.74, 6) is -0.176. The van der Waals surface area contributed by atoms with Gasteiger partial charge in [-0.1, -0.05) is 23.3 Å². The Hall–Kier alpha value is -1.07. The number of Topliss-reactive ketones (excluding diaryl/α,β-unsaturated/α-hetero) is 1. The minimum Gasteiger partial charge on any atom is -0.307 e. The Kier molecular flexibility index (Phi) is 2.11. The van der Waals surface area contributed by atoms with E-state index in [0.29, 0.717) is 6.42 Å². The van der Waals surface area contributed by atoms with E-state index in [2.05, 4.69) is 4.85 Å². The maximum absolute atomic E-state index is 11.0. The molecule has 0 unspecified atom stereocenters. The van der Waals surface area contributed by atoms with E-state index in [1.165, 1.54) is 0 Å². The third-order valence-electron chi connectivity index (χ3n) is 1.41. The average molecular weight is 168 g/mol. The van der Waals surface area contributed by atoms with Crippen molar-refractivity contribution in [3.8, 4) is 0 Å². The van der Waals surface area contributed by atoms with Crippen LogP contribution in [0.25, 0.3) is 4.85 Å². The first-order valence-electron chi connectivity index (χ1n) is 3.12. The summed E-state index contributed by atoms with van der Waals surface area (Å²) < 4.78 is 0. The Bertz CT molecular complexity index is 307. The number of carbonyl (C=O) groups excluding carboxylic acids is 1. The van der Waals surface area contributed by atoms with Crippen molar-refractivity contribution < 1.29 is 4.79 Å². The monoisotopic (exact) mass is 167 g/mol. The minimum atomic E-state index is -0.176. The standard InChI is InChI=1S/C8H6ClNO/c1-5-3-6(9)8(10-2)7(11)4-5/h3H,4H2,1H3. The molecule has 3 heteroatoms. The van der Waals surface area contributed by atoms with Crippen LogP contribution in [0.2, 0.25) is 0 Å². The van der Waals surface area contributed by atoms with Gasteiger partial charge in [-0.3, -0.25) is 0 Å². The SMILES string of the molecule is [C-]#[N+]C1=C(Cl)C=C(C)CC1=O. The molecule has 0 aromatic heterocycles. The molecular weight excluding hydrogens is 162 g/mol. The van der Waals surface area contributed by atoms with Gasteiger partial charge in [-0.25, -0.2) is 4.85 Å². The molecule has 11 heavy (non-hydrogen) atoms. The highest BCUT2D eigenvalue weighted by molar-refractivity contribution is 6.34. The van der Waals surface area contributed by atoms with Crippen molar-refractivity contribution in [1.29, 1.82) is 0 Å². The molecule has 0 heterocycles. The molecule has 0 spiro atoms. The Morgan fingerprint density at radius 2 is 2.36 bits per heavy atom. The van der Waals surface area contributed by atoms with E-state index >= 15 is 0 Å². The van der Waals surface area contributed by atoms with Crippen LogP contribution >= 0.6 is 11.6 Å². The van der Waals surface area contributed by atoms with Crippen LogP contribution in [0.1, 0.15) is 13.3 Å². The lowest BCUT2D eigenvalue weighted by molar-refractivity contribution is -0.114. The average Bonchev–Trinajstić information content (AvgIpc) is 1.85. The number of carbonyl (C=O) groups is 1. The summed E-state index contributed by atoms with van der Waals surface area (Å²) in [6, 6.07) is 0. The molecule has 0 fully saturated rings. The number of halogens is 1. The van der Waals surface area contributed by atoms with Crippen LogP contribution in [0.3, 0.4) is 0 Å². The molecule has 0 amide bonds. The molecule has 0 radical (unpaired) electrons. The maximum atomic E-state index is 11.0. The Morgan fingerprint density at radius 1 is 1.73 bits per heavy atom. The molecule has 1 rings (SSSR count). The van der Waals surface area contributed by atoms with Gasteiger partial charge in [-0.05, 0) is 6.92 Å². The molecule has 0 saturated heterocycles. The van der Waals surface area contributed by atoms with Crippen molar-refractivity contribution in [2.24, 2.45) is 0 Å². The zero-order valence-electron chi connectivity index (χ0n) is 6.02. The van der Waals surface area contributed by atoms with Crippen LogP contribution in [0, 0.1) is 6.57 Å². The second-order valence-corrected chi connectivity index (χ2v) is 2.81. The number of allylic oxidation sites excluding steroid dienone is 4. The second kappa shape index (κ2) is 2.89. The number of nitrogens with zero attached hydrogens (tertiary/aromatic N) is 1. The van der Waals surface area contributed by atoms with Crippen LogP contribution in [0.15, 0.2) is 22.4 Å². The number of rotatable bonds is 0. The molecule has 0 atom stereocenters. The van der Waals surface area contributed by atoms with E-state index in [4.69, 9.17) is 18.2 Å². The fourth-order valence-corrected chi connectivity index (χ4v) is 1.26. The summed E-state index contributed by atoms with van der Waals surface area (Å²) in [5.41, 5.74) is 0.977. The van der Waals surface area contributed by atoms with Crippen molar-refractivity contribution in [3.05, 3.63) is 33.8 Å². The summed E-state index contributed by atoms with van der Waals surface area (Å²) in [5, 5.41) is 0.272. The molecule has 0 aromatic rings. The third kappa shape index (κ3) is 1.50. The first-order valence-corrected chi connectivity index (χ1v) is 3.50. The fraction of sp³-hybridized carbons (Fsp3) is 0.250. The van der Waals surface area contributed by atoms with Gasteiger partial charge in [0.2, 0.25) is 5.70 Å². The largest absolute Gasteiger partial charge is 0.307 e. The maximum Gasteiger partial charge on any atom is 0.247 e. The van der Waals surface area contributed by atoms with Gasteiger partial charge in [0, 0.05) is 6.42 Å². The molecule has 1 aliphatic carbocycles. The quantitative estimate of drug-likeness (QED) is 0.507. The van der Waals surface area contributed by atoms with Gasteiger partial charge in [0.1, 0.15) is 0 Å². The highest BCUT2D eigenvalue weighted by Gasteiger charge is 2.18. The first-order chi connectivity index (χ1) is 5.15. The third-order valence-corrected chi connectivity index (χ3v) is 1.70.